The molecule has 420 valence electrons. The number of carbonyl (C=O) groups excluding carboxylic acids is 6. The highest BCUT2D eigenvalue weighted by atomic mass is 16.5. The third-order valence-corrected chi connectivity index (χ3v) is 14.3. The van der Waals surface area contributed by atoms with E-state index in [-0.39, 0.29) is 86.7 Å². The van der Waals surface area contributed by atoms with Gasteiger partial charge >= 0.3 is 11.9 Å². The fourth-order valence-electron chi connectivity index (χ4n) is 9.87. The van der Waals surface area contributed by atoms with Crippen LogP contribution in [-0.4, -0.2) is 71.7 Å². The van der Waals surface area contributed by atoms with Crippen molar-refractivity contribution in [3.63, 3.8) is 0 Å². The summed E-state index contributed by atoms with van der Waals surface area (Å²) in [6.45, 7) is 15.9. The fourth-order valence-corrected chi connectivity index (χ4v) is 9.87. The third kappa shape index (κ3) is 18.7. The van der Waals surface area contributed by atoms with E-state index in [4.69, 9.17) is 18.9 Å². The van der Waals surface area contributed by atoms with Crippen molar-refractivity contribution in [1.29, 1.82) is 0 Å². The first kappa shape index (κ1) is 62.0. The van der Waals surface area contributed by atoms with Gasteiger partial charge in [0.15, 0.2) is 23.1 Å². The van der Waals surface area contributed by atoms with Gasteiger partial charge in [-0.05, 0) is 144 Å². The summed E-state index contributed by atoms with van der Waals surface area (Å²) in [4.78, 5) is 80.8. The summed E-state index contributed by atoms with van der Waals surface area (Å²) in [5.74, 6) is -0.627. The van der Waals surface area contributed by atoms with Crippen molar-refractivity contribution in [2.24, 2.45) is 0 Å². The zero-order valence-electron chi connectivity index (χ0n) is 47.0. The van der Waals surface area contributed by atoms with Gasteiger partial charge in [0.25, 0.3) is 0 Å². The van der Waals surface area contributed by atoms with Gasteiger partial charge in [-0.15, -0.1) is 0 Å². The molecule has 0 radical (unpaired) electrons. The Labute approximate surface area is 463 Å². The van der Waals surface area contributed by atoms with Crippen LogP contribution in [0.4, 0.5) is 0 Å². The highest BCUT2D eigenvalue weighted by molar-refractivity contribution is 5.99. The van der Waals surface area contributed by atoms with Crippen molar-refractivity contribution < 1.29 is 57.9 Å². The van der Waals surface area contributed by atoms with Gasteiger partial charge < -0.3 is 29.2 Å². The zero-order chi connectivity index (χ0) is 56.4. The lowest BCUT2D eigenvalue weighted by atomic mass is 9.86. The van der Waals surface area contributed by atoms with Crippen molar-refractivity contribution in [2.75, 3.05) is 26.4 Å². The van der Waals surface area contributed by atoms with Crippen molar-refractivity contribution in [2.45, 2.75) is 182 Å². The first-order chi connectivity index (χ1) is 37.7. The Balaban J connectivity index is 1.84. The standard InChI is InChI=1S/C66H84O12/c1-7-13-17-25-57(67)45-33-49-41-53-37-47(59(69)27-19-15-9-3)39-55(65(53)77-31-23-21-29-75-61(71)11-5)43-51-35-46(58(68)26-18-14-8-2)36-52(64(51)74)44-56-40-48(60(70)28-20-16-10-4)38-54(42-50(34-45)63(49)73)66(56)78-32-24-22-30-76-62(72)12-6/h11-12,33-40,73-74H,5-10,13-32,41-44H2,1-4H3. The number of ketones is 4. The molecule has 0 unspecified atom stereocenters. The summed E-state index contributed by atoms with van der Waals surface area (Å²) in [5.41, 5.74) is 5.70. The minimum Gasteiger partial charge on any atom is -0.507 e. The molecule has 8 bridgehead atoms. The molecule has 0 aromatic heterocycles. The van der Waals surface area contributed by atoms with Crippen LogP contribution in [0, 0.1) is 0 Å². The summed E-state index contributed by atoms with van der Waals surface area (Å²) in [5, 5.41) is 25.3. The fraction of sp³-hybridized carbons (Fsp3) is 0.485. The average molecular weight is 1070 g/mol. The topological polar surface area (TPSA) is 180 Å². The van der Waals surface area contributed by atoms with E-state index in [1.54, 1.807) is 48.5 Å². The van der Waals surface area contributed by atoms with Gasteiger partial charge in [-0.25, -0.2) is 9.59 Å². The number of ether oxygens (including phenoxy) is 4. The predicted octanol–water partition coefficient (Wildman–Crippen LogP) is 14.6. The molecule has 1 aliphatic rings. The van der Waals surface area contributed by atoms with Crippen molar-refractivity contribution in [3.05, 3.63) is 141 Å². The van der Waals surface area contributed by atoms with Crippen LogP contribution in [0.3, 0.4) is 0 Å². The van der Waals surface area contributed by atoms with Gasteiger partial charge in [0, 0.05) is 85.8 Å². The molecule has 0 fully saturated rings. The molecule has 0 saturated heterocycles. The summed E-state index contributed by atoms with van der Waals surface area (Å²) in [6, 6.07) is 14.1. The lowest BCUT2D eigenvalue weighted by Gasteiger charge is -2.23. The van der Waals surface area contributed by atoms with E-state index in [0.717, 1.165) is 63.5 Å². The molecular formula is C66H84O12. The first-order valence-corrected chi connectivity index (χ1v) is 28.7. The number of unbranched alkanes of at least 4 members (excludes halogenated alkanes) is 10. The van der Waals surface area contributed by atoms with Crippen LogP contribution in [0.5, 0.6) is 23.0 Å². The van der Waals surface area contributed by atoms with Crippen LogP contribution in [0.1, 0.15) is 242 Å². The maximum atomic E-state index is 14.3. The summed E-state index contributed by atoms with van der Waals surface area (Å²) < 4.78 is 24.0. The van der Waals surface area contributed by atoms with Crippen LogP contribution < -0.4 is 9.47 Å². The van der Waals surface area contributed by atoms with E-state index in [9.17, 15) is 39.0 Å². The molecular weight excluding hydrogens is 985 g/mol. The molecule has 4 aromatic carbocycles. The van der Waals surface area contributed by atoms with Crippen LogP contribution in [0.2, 0.25) is 0 Å². The normalized spacial score (nSPS) is 11.8. The summed E-state index contributed by atoms with van der Waals surface area (Å²) in [6.07, 6.45) is 15.5. The van der Waals surface area contributed by atoms with Gasteiger partial charge in [0.1, 0.15) is 23.0 Å². The van der Waals surface area contributed by atoms with E-state index in [1.165, 1.54) is 0 Å². The molecule has 0 amide bonds. The van der Waals surface area contributed by atoms with Crippen molar-refractivity contribution in [1.82, 2.24) is 0 Å². The Bertz CT molecular complexity index is 2450. The Morgan fingerprint density at radius 1 is 0.385 bits per heavy atom. The number of benzene rings is 4. The SMILES string of the molecule is C=CC(=O)OCCCCOc1c2cc(C(=O)CCCCC)cc1Cc1cc(C(=O)CCCCC)cc(c1O)Cc1cc(C(=O)CCCCC)cc(c1OCCCCOC(=O)C=C)Cc1cc(C(=O)CCCCC)cc(c1O)C2. The van der Waals surface area contributed by atoms with Crippen LogP contribution in [-0.2, 0) is 44.7 Å². The van der Waals surface area contributed by atoms with E-state index < -0.39 is 11.9 Å². The quantitative estimate of drug-likeness (QED) is 0.0173. The van der Waals surface area contributed by atoms with Crippen LogP contribution in [0.25, 0.3) is 0 Å². The van der Waals surface area contributed by atoms with E-state index in [1.807, 2.05) is 0 Å². The Morgan fingerprint density at radius 2 is 0.628 bits per heavy atom. The Hall–Kier alpha value is -6.82. The molecule has 0 aliphatic heterocycles. The molecule has 0 spiro atoms. The molecule has 5 rings (SSSR count). The number of hydrogen-bond donors (Lipinski definition) is 2. The third-order valence-electron chi connectivity index (χ3n) is 14.3. The second kappa shape index (κ2) is 32.8. The molecule has 1 aliphatic carbocycles. The van der Waals surface area contributed by atoms with Gasteiger partial charge in [0.05, 0.1) is 26.4 Å². The number of aromatic hydroxyl groups is 2. The predicted molar refractivity (Wildman–Crippen MR) is 306 cm³/mol. The molecule has 0 heterocycles. The molecule has 4 aromatic rings. The Kier molecular flexibility index (Phi) is 26.1. The highest BCUT2D eigenvalue weighted by Gasteiger charge is 2.26. The van der Waals surface area contributed by atoms with E-state index in [2.05, 4.69) is 40.9 Å². The maximum absolute atomic E-state index is 14.3. The molecule has 0 atom stereocenters. The monoisotopic (exact) mass is 1070 g/mol. The molecule has 78 heavy (non-hydrogen) atoms. The first-order valence-electron chi connectivity index (χ1n) is 28.7. The lowest BCUT2D eigenvalue weighted by Crippen LogP contribution is -2.12. The average Bonchev–Trinajstić information content (AvgIpc) is 3.43. The Morgan fingerprint density at radius 3 is 0.872 bits per heavy atom. The number of esters is 2. The molecule has 12 heteroatoms. The molecule has 2 N–H and O–H groups in total. The van der Waals surface area contributed by atoms with Gasteiger partial charge in [0.2, 0.25) is 0 Å². The van der Waals surface area contributed by atoms with Crippen LogP contribution in [0.15, 0.2) is 73.8 Å². The second-order valence-electron chi connectivity index (χ2n) is 20.6. The number of phenols is 2. The molecule has 0 saturated carbocycles. The zero-order valence-corrected chi connectivity index (χ0v) is 47.0. The number of fused-ring (bicyclic) bond motifs is 8. The maximum Gasteiger partial charge on any atom is 0.330 e. The highest BCUT2D eigenvalue weighted by Crippen LogP contribution is 2.41. The van der Waals surface area contributed by atoms with Gasteiger partial charge in [-0.2, -0.15) is 0 Å². The largest absolute Gasteiger partial charge is 0.507 e. The summed E-state index contributed by atoms with van der Waals surface area (Å²) in [7, 11) is 0. The molecule has 12 nitrogen and oxygen atoms in total. The number of hydrogen-bond acceptors (Lipinski definition) is 12. The number of rotatable bonds is 34. The number of carbonyl (C=O) groups is 6. The number of phenolic OH excluding ortho intramolecular Hbond substituents is 2. The smallest absolute Gasteiger partial charge is 0.330 e. The number of Topliss-reactive ketones (excluding diaryl/α,β-unsaturated/α-hetero) is 4. The van der Waals surface area contributed by atoms with E-state index in [0.29, 0.717) is 155 Å². The van der Waals surface area contributed by atoms with Crippen molar-refractivity contribution >= 4 is 35.1 Å². The van der Waals surface area contributed by atoms with E-state index >= 15 is 0 Å². The minimum absolute atomic E-state index is 0.0401. The minimum atomic E-state index is -0.525. The lowest BCUT2D eigenvalue weighted by molar-refractivity contribution is -0.138. The van der Waals surface area contributed by atoms with Crippen LogP contribution >= 0.6 is 0 Å². The summed E-state index contributed by atoms with van der Waals surface area (Å²) >= 11 is 0. The van der Waals surface area contributed by atoms with Crippen molar-refractivity contribution in [3.8, 4) is 23.0 Å². The van der Waals surface area contributed by atoms with Gasteiger partial charge in [-0.1, -0.05) is 92.2 Å². The second-order valence-corrected chi connectivity index (χ2v) is 20.6. The van der Waals surface area contributed by atoms with Gasteiger partial charge in [-0.3, -0.25) is 19.2 Å².